The van der Waals surface area contributed by atoms with E-state index in [2.05, 4.69) is 139 Å². The van der Waals surface area contributed by atoms with Crippen LogP contribution < -0.4 is 10.1 Å². The zero-order valence-electron chi connectivity index (χ0n) is 30.2. The van der Waals surface area contributed by atoms with Crippen molar-refractivity contribution in [1.82, 2.24) is 9.97 Å². The summed E-state index contributed by atoms with van der Waals surface area (Å²) in [6.45, 7) is 0. The molecule has 264 valence electrons. The van der Waals surface area contributed by atoms with Gasteiger partial charge in [0.15, 0.2) is 11.8 Å². The Bertz CT molecular complexity index is 3060. The predicted molar refractivity (Wildman–Crippen MR) is 227 cm³/mol. The molecule has 0 amide bonds. The molecular weight excluding hydrogens is 687 g/mol. The van der Waals surface area contributed by atoms with Crippen molar-refractivity contribution in [3.63, 3.8) is 0 Å². The Morgan fingerprint density at radius 3 is 1.77 bits per heavy atom. The minimum absolute atomic E-state index is 0.323. The third-order valence-electron chi connectivity index (χ3n) is 10.7. The molecule has 0 spiro atoms. The SMILES string of the molecule is c1cc(-c2nc3ccccc3o2)cc(-c2nc(-c3cccc(C4Nc5ccccc5O4)c3)c(-c3cccc4ccccc34)cc2-c2cccc3ccccc23)c1. The topological polar surface area (TPSA) is 60.2 Å². The largest absolute Gasteiger partial charge is 0.464 e. The second-order valence-corrected chi connectivity index (χ2v) is 14.2. The van der Waals surface area contributed by atoms with E-state index in [9.17, 15) is 0 Å². The molecule has 8 aromatic carbocycles. The number of hydrogen-bond acceptors (Lipinski definition) is 5. The van der Waals surface area contributed by atoms with E-state index in [1.165, 1.54) is 16.2 Å². The van der Waals surface area contributed by atoms with Crippen molar-refractivity contribution in [3.8, 4) is 62.0 Å². The van der Waals surface area contributed by atoms with Gasteiger partial charge in [0.2, 0.25) is 5.89 Å². The van der Waals surface area contributed by atoms with Crippen molar-refractivity contribution in [1.29, 1.82) is 0 Å². The highest BCUT2D eigenvalue weighted by atomic mass is 16.5. The number of pyridine rings is 1. The molecule has 0 bridgehead atoms. The lowest BCUT2D eigenvalue weighted by molar-refractivity contribution is 0.260. The highest BCUT2D eigenvalue weighted by Crippen LogP contribution is 2.45. The summed E-state index contributed by atoms with van der Waals surface area (Å²) in [5.74, 6) is 1.42. The van der Waals surface area contributed by atoms with Crippen molar-refractivity contribution >= 4 is 38.3 Å². The molecule has 3 heterocycles. The lowest BCUT2D eigenvalue weighted by Crippen LogP contribution is -2.10. The fourth-order valence-corrected chi connectivity index (χ4v) is 8.07. The minimum atomic E-state index is -0.323. The molecule has 11 rings (SSSR count). The Morgan fingerprint density at radius 1 is 0.446 bits per heavy atom. The van der Waals surface area contributed by atoms with Crippen LogP contribution in [0.1, 0.15) is 11.8 Å². The van der Waals surface area contributed by atoms with Crippen LogP contribution in [-0.4, -0.2) is 9.97 Å². The Hall–Kier alpha value is -7.50. The van der Waals surface area contributed by atoms with Crippen LogP contribution in [0.25, 0.3) is 88.9 Å². The van der Waals surface area contributed by atoms with Crippen molar-refractivity contribution in [2.24, 2.45) is 0 Å². The minimum Gasteiger partial charge on any atom is -0.464 e. The lowest BCUT2D eigenvalue weighted by atomic mass is 9.88. The zero-order valence-corrected chi connectivity index (χ0v) is 30.2. The molecule has 1 atom stereocenters. The smallest absolute Gasteiger partial charge is 0.227 e. The number of oxazole rings is 1. The molecule has 1 aliphatic heterocycles. The quantitative estimate of drug-likeness (QED) is 0.185. The van der Waals surface area contributed by atoms with Crippen LogP contribution >= 0.6 is 0 Å². The van der Waals surface area contributed by atoms with Crippen LogP contribution in [0.15, 0.2) is 192 Å². The molecule has 5 heteroatoms. The lowest BCUT2D eigenvalue weighted by Gasteiger charge is -2.20. The molecule has 1 aliphatic rings. The molecule has 1 N–H and O–H groups in total. The van der Waals surface area contributed by atoms with Gasteiger partial charge in [-0.1, -0.05) is 140 Å². The fourth-order valence-electron chi connectivity index (χ4n) is 8.07. The van der Waals surface area contributed by atoms with Crippen molar-refractivity contribution in [2.75, 3.05) is 5.32 Å². The van der Waals surface area contributed by atoms with Gasteiger partial charge in [-0.3, -0.25) is 0 Å². The predicted octanol–water partition coefficient (Wildman–Crippen LogP) is 13.4. The van der Waals surface area contributed by atoms with E-state index in [4.69, 9.17) is 19.1 Å². The van der Waals surface area contributed by atoms with E-state index in [-0.39, 0.29) is 6.23 Å². The Kier molecular flexibility index (Phi) is 7.49. The van der Waals surface area contributed by atoms with Gasteiger partial charge < -0.3 is 14.5 Å². The maximum atomic E-state index is 6.40. The van der Waals surface area contributed by atoms with Gasteiger partial charge in [-0.15, -0.1) is 0 Å². The van der Waals surface area contributed by atoms with Crippen molar-refractivity contribution < 1.29 is 9.15 Å². The highest BCUT2D eigenvalue weighted by molar-refractivity contribution is 6.05. The van der Waals surface area contributed by atoms with Gasteiger partial charge in [-0.25, -0.2) is 9.97 Å². The molecule has 56 heavy (non-hydrogen) atoms. The summed E-state index contributed by atoms with van der Waals surface area (Å²) in [5, 5.41) is 8.23. The Morgan fingerprint density at radius 2 is 1.04 bits per heavy atom. The molecule has 1 unspecified atom stereocenters. The summed E-state index contributed by atoms with van der Waals surface area (Å²) < 4.78 is 12.7. The number of aromatic nitrogens is 2. The first-order valence-electron chi connectivity index (χ1n) is 18.8. The number of ether oxygens (including phenoxy) is 1. The summed E-state index contributed by atoms with van der Waals surface area (Å²) in [4.78, 5) is 10.6. The number of anilines is 1. The average Bonchev–Trinajstić information content (AvgIpc) is 3.91. The monoisotopic (exact) mass is 719 g/mol. The van der Waals surface area contributed by atoms with Crippen LogP contribution in [0.5, 0.6) is 5.75 Å². The fraction of sp³-hybridized carbons (Fsp3) is 0.0196. The summed E-state index contributed by atoms with van der Waals surface area (Å²) in [6.07, 6.45) is -0.323. The number of para-hydroxylation sites is 4. The summed E-state index contributed by atoms with van der Waals surface area (Å²) in [5.41, 5.74) is 12.5. The van der Waals surface area contributed by atoms with E-state index >= 15 is 0 Å². The number of hydrogen-bond donors (Lipinski definition) is 1. The molecule has 0 aliphatic carbocycles. The van der Waals surface area contributed by atoms with Gasteiger partial charge in [0.1, 0.15) is 11.3 Å². The third kappa shape index (κ3) is 5.48. The maximum Gasteiger partial charge on any atom is 0.227 e. The maximum absolute atomic E-state index is 6.40. The highest BCUT2D eigenvalue weighted by Gasteiger charge is 2.25. The average molecular weight is 720 g/mol. The number of nitrogens with zero attached hydrogens (tertiary/aromatic N) is 2. The van der Waals surface area contributed by atoms with Gasteiger partial charge >= 0.3 is 0 Å². The molecule has 0 fully saturated rings. The molecule has 5 nitrogen and oxygen atoms in total. The molecule has 0 saturated carbocycles. The normalized spacial score (nSPS) is 13.5. The van der Waals surface area contributed by atoms with Gasteiger partial charge in [-0.2, -0.15) is 0 Å². The van der Waals surface area contributed by atoms with E-state index < -0.39 is 0 Å². The van der Waals surface area contributed by atoms with Crippen LogP contribution in [0, 0.1) is 0 Å². The Balaban J connectivity index is 1.18. The van der Waals surface area contributed by atoms with Gasteiger partial charge in [0.25, 0.3) is 0 Å². The second-order valence-electron chi connectivity index (χ2n) is 14.2. The second kappa shape index (κ2) is 13.1. The first-order valence-corrected chi connectivity index (χ1v) is 18.8. The van der Waals surface area contributed by atoms with E-state index in [1.54, 1.807) is 0 Å². The van der Waals surface area contributed by atoms with E-state index in [1.807, 2.05) is 54.6 Å². The molecule has 0 radical (unpaired) electrons. The molecule has 10 aromatic rings. The summed E-state index contributed by atoms with van der Waals surface area (Å²) in [7, 11) is 0. The van der Waals surface area contributed by atoms with Crippen molar-refractivity contribution in [2.45, 2.75) is 6.23 Å². The summed E-state index contributed by atoms with van der Waals surface area (Å²) >= 11 is 0. The number of benzene rings is 8. The zero-order chi connectivity index (χ0) is 37.0. The van der Waals surface area contributed by atoms with Gasteiger partial charge in [-0.05, 0) is 81.2 Å². The van der Waals surface area contributed by atoms with Crippen LogP contribution in [0.4, 0.5) is 5.69 Å². The number of fused-ring (bicyclic) bond motifs is 4. The third-order valence-corrected chi connectivity index (χ3v) is 10.7. The Labute approximate surface area is 323 Å². The van der Waals surface area contributed by atoms with Crippen molar-refractivity contribution in [3.05, 3.63) is 194 Å². The number of rotatable bonds is 6. The van der Waals surface area contributed by atoms with Gasteiger partial charge in [0, 0.05) is 33.4 Å². The molecule has 2 aromatic heterocycles. The van der Waals surface area contributed by atoms with E-state index in [0.717, 1.165) is 83.8 Å². The molecular formula is C51H33N3O2. The first-order chi connectivity index (χ1) is 27.7. The number of nitrogens with one attached hydrogen (secondary N) is 1. The van der Waals surface area contributed by atoms with Crippen LogP contribution in [0.2, 0.25) is 0 Å². The van der Waals surface area contributed by atoms with E-state index in [0.29, 0.717) is 5.89 Å². The first kappa shape index (κ1) is 32.0. The van der Waals surface area contributed by atoms with Gasteiger partial charge in [0.05, 0.1) is 17.1 Å². The summed E-state index contributed by atoms with van der Waals surface area (Å²) in [6, 6.07) is 65.4. The standard InChI is InChI=1S/C51H33N3O2/c1-3-21-38-32(13-1)15-11-23-40(38)42-31-43(41-24-12-16-33-14-2-4-22-39(33)41)49(35-18-10-20-37(30-35)51-53-45-26-6-8-28-47(45)56-51)54-48(42)34-17-9-19-36(29-34)50-52-44-25-5-7-27-46(44)55-50/h1-31,50,52H. The van der Waals surface area contributed by atoms with Crippen LogP contribution in [-0.2, 0) is 0 Å². The van der Waals surface area contributed by atoms with Crippen LogP contribution in [0.3, 0.4) is 0 Å². The molecule has 0 saturated heterocycles.